The van der Waals surface area contributed by atoms with Crippen LogP contribution in [0.25, 0.3) is 0 Å². The van der Waals surface area contributed by atoms with Crippen LogP contribution in [0.4, 0.5) is 0 Å². The summed E-state index contributed by atoms with van der Waals surface area (Å²) in [4.78, 5) is 8.61. The average molecular weight is 332 g/mol. The van der Waals surface area contributed by atoms with Gasteiger partial charge in [0.2, 0.25) is 5.88 Å². The molecule has 0 aliphatic rings. The highest BCUT2D eigenvalue weighted by Crippen LogP contribution is 2.34. The van der Waals surface area contributed by atoms with Crippen LogP contribution in [0.2, 0.25) is 15.2 Å². The first-order valence-corrected chi connectivity index (χ1v) is 7.18. The summed E-state index contributed by atoms with van der Waals surface area (Å²) in [6.45, 7) is 5.76. The molecule has 0 aliphatic heterocycles. The fourth-order valence-electron chi connectivity index (χ4n) is 1.50. The molecule has 1 aromatic heterocycles. The minimum atomic E-state index is 0.144. The molecule has 0 unspecified atom stereocenters. The largest absolute Gasteiger partial charge is 0.437 e. The van der Waals surface area contributed by atoms with E-state index < -0.39 is 0 Å². The molecule has 6 heteroatoms. The molecular weight excluding hydrogens is 319 g/mol. The molecule has 0 bridgehead atoms. The van der Waals surface area contributed by atoms with Crippen LogP contribution in [0.5, 0.6) is 11.6 Å². The highest BCUT2D eigenvalue weighted by Gasteiger charge is 2.15. The van der Waals surface area contributed by atoms with E-state index in [-0.39, 0.29) is 5.92 Å². The van der Waals surface area contributed by atoms with Crippen molar-refractivity contribution in [2.24, 2.45) is 0 Å². The number of rotatable bonds is 3. The lowest BCUT2D eigenvalue weighted by molar-refractivity contribution is 0.453. The summed E-state index contributed by atoms with van der Waals surface area (Å²) in [6.07, 6.45) is 0. The molecule has 0 spiro atoms. The predicted octanol–water partition coefficient (Wildman–Crippen LogP) is 5.66. The van der Waals surface area contributed by atoms with Crippen molar-refractivity contribution >= 4 is 34.8 Å². The van der Waals surface area contributed by atoms with Crippen molar-refractivity contribution < 1.29 is 4.74 Å². The van der Waals surface area contributed by atoms with Crippen LogP contribution in [0.1, 0.15) is 31.2 Å². The maximum Gasteiger partial charge on any atom is 0.227 e. The van der Waals surface area contributed by atoms with E-state index in [4.69, 9.17) is 39.5 Å². The second-order valence-corrected chi connectivity index (χ2v) is 5.84. The van der Waals surface area contributed by atoms with Crippen molar-refractivity contribution in [3.8, 4) is 11.6 Å². The zero-order valence-corrected chi connectivity index (χ0v) is 13.5. The Morgan fingerprint density at radius 3 is 2.45 bits per heavy atom. The van der Waals surface area contributed by atoms with Crippen LogP contribution in [-0.4, -0.2) is 9.97 Å². The first kappa shape index (κ1) is 15.4. The molecule has 106 valence electrons. The van der Waals surface area contributed by atoms with Gasteiger partial charge in [-0.1, -0.05) is 48.7 Å². The van der Waals surface area contributed by atoms with E-state index in [2.05, 4.69) is 9.97 Å². The Morgan fingerprint density at radius 2 is 1.80 bits per heavy atom. The molecule has 2 aromatic rings. The average Bonchev–Trinajstić information content (AvgIpc) is 2.38. The Morgan fingerprint density at radius 1 is 1.10 bits per heavy atom. The summed E-state index contributed by atoms with van der Waals surface area (Å²) in [5, 5.41) is 1.36. The van der Waals surface area contributed by atoms with E-state index >= 15 is 0 Å². The van der Waals surface area contributed by atoms with Gasteiger partial charge in [-0.3, -0.25) is 0 Å². The Hall–Kier alpha value is -1.03. The first-order valence-electron chi connectivity index (χ1n) is 6.05. The van der Waals surface area contributed by atoms with Gasteiger partial charge in [-0.25, -0.2) is 4.98 Å². The van der Waals surface area contributed by atoms with E-state index in [1.54, 1.807) is 25.1 Å². The van der Waals surface area contributed by atoms with Crippen LogP contribution in [-0.2, 0) is 0 Å². The fourth-order valence-corrected chi connectivity index (χ4v) is 1.99. The lowest BCUT2D eigenvalue weighted by atomic mass is 10.2. The van der Waals surface area contributed by atoms with Crippen LogP contribution >= 0.6 is 34.8 Å². The fraction of sp³-hybridized carbons (Fsp3) is 0.286. The molecule has 0 aliphatic carbocycles. The topological polar surface area (TPSA) is 35.0 Å². The third kappa shape index (κ3) is 3.35. The molecule has 0 saturated heterocycles. The van der Waals surface area contributed by atoms with Gasteiger partial charge in [-0.05, 0) is 19.1 Å². The molecule has 0 N–H and O–H groups in total. The van der Waals surface area contributed by atoms with Gasteiger partial charge in [-0.2, -0.15) is 4.98 Å². The summed E-state index contributed by atoms with van der Waals surface area (Å²) < 4.78 is 5.74. The summed E-state index contributed by atoms with van der Waals surface area (Å²) in [5.41, 5.74) is 0.659. The molecule has 20 heavy (non-hydrogen) atoms. The van der Waals surface area contributed by atoms with Crippen molar-refractivity contribution in [1.82, 2.24) is 9.97 Å². The summed E-state index contributed by atoms with van der Waals surface area (Å²) in [5.74, 6) is 1.59. The molecular formula is C14H13Cl3N2O. The Balaban J connectivity index is 2.45. The zero-order chi connectivity index (χ0) is 14.9. The minimum absolute atomic E-state index is 0.144. The number of halogens is 3. The normalized spacial score (nSPS) is 10.9. The SMILES string of the molecule is Cc1c(Cl)nc(C(C)C)nc1Oc1cc(Cl)ccc1Cl. The Bertz CT molecular complexity index is 645. The molecule has 2 rings (SSSR count). The van der Waals surface area contributed by atoms with Crippen LogP contribution in [0, 0.1) is 6.92 Å². The maximum absolute atomic E-state index is 6.11. The number of ether oxygens (including phenoxy) is 1. The van der Waals surface area contributed by atoms with Gasteiger partial charge in [0.05, 0.1) is 5.02 Å². The summed E-state index contributed by atoms with van der Waals surface area (Å²) >= 11 is 18.1. The van der Waals surface area contributed by atoms with Crippen LogP contribution in [0.15, 0.2) is 18.2 Å². The molecule has 1 heterocycles. The van der Waals surface area contributed by atoms with Gasteiger partial charge in [0, 0.05) is 22.6 Å². The number of benzene rings is 1. The quantitative estimate of drug-likeness (QED) is 0.680. The highest BCUT2D eigenvalue weighted by molar-refractivity contribution is 6.34. The lowest BCUT2D eigenvalue weighted by Crippen LogP contribution is -2.02. The second-order valence-electron chi connectivity index (χ2n) is 4.63. The van der Waals surface area contributed by atoms with Gasteiger partial charge in [0.25, 0.3) is 0 Å². The monoisotopic (exact) mass is 330 g/mol. The van der Waals surface area contributed by atoms with E-state index in [0.717, 1.165) is 0 Å². The van der Waals surface area contributed by atoms with Crippen molar-refractivity contribution in [2.75, 3.05) is 0 Å². The third-order valence-corrected chi connectivity index (χ3v) is 3.59. The van der Waals surface area contributed by atoms with Crippen molar-refractivity contribution in [1.29, 1.82) is 0 Å². The van der Waals surface area contributed by atoms with E-state index in [1.807, 2.05) is 13.8 Å². The first-order chi connectivity index (χ1) is 9.38. The highest BCUT2D eigenvalue weighted by atomic mass is 35.5. The zero-order valence-electron chi connectivity index (χ0n) is 11.2. The second kappa shape index (κ2) is 6.17. The number of hydrogen-bond donors (Lipinski definition) is 0. The lowest BCUT2D eigenvalue weighted by Gasteiger charge is -2.13. The summed E-state index contributed by atoms with van der Waals surface area (Å²) in [6, 6.07) is 4.99. The van der Waals surface area contributed by atoms with Crippen molar-refractivity contribution in [3.63, 3.8) is 0 Å². The van der Waals surface area contributed by atoms with Gasteiger partial charge in [-0.15, -0.1) is 0 Å². The van der Waals surface area contributed by atoms with Gasteiger partial charge in [0.15, 0.2) is 0 Å². The molecule has 3 nitrogen and oxygen atoms in total. The minimum Gasteiger partial charge on any atom is -0.437 e. The van der Waals surface area contributed by atoms with Gasteiger partial charge in [0.1, 0.15) is 16.7 Å². The Labute approximate surface area is 132 Å². The molecule has 0 atom stereocenters. The third-order valence-electron chi connectivity index (χ3n) is 2.68. The summed E-state index contributed by atoms with van der Waals surface area (Å²) in [7, 11) is 0. The molecule has 0 radical (unpaired) electrons. The molecule has 0 amide bonds. The standard InChI is InChI=1S/C14H13Cl3N2O/c1-7(2)13-18-12(17)8(3)14(19-13)20-11-6-9(15)4-5-10(11)16/h4-7H,1-3H3. The molecule has 0 saturated carbocycles. The number of hydrogen-bond acceptors (Lipinski definition) is 3. The van der Waals surface area contributed by atoms with E-state index in [0.29, 0.717) is 38.2 Å². The smallest absolute Gasteiger partial charge is 0.227 e. The van der Waals surface area contributed by atoms with Crippen LogP contribution < -0.4 is 4.74 Å². The van der Waals surface area contributed by atoms with Crippen LogP contribution in [0.3, 0.4) is 0 Å². The van der Waals surface area contributed by atoms with E-state index in [9.17, 15) is 0 Å². The van der Waals surface area contributed by atoms with Crippen molar-refractivity contribution in [3.05, 3.63) is 44.8 Å². The maximum atomic E-state index is 6.11. The van der Waals surface area contributed by atoms with Gasteiger partial charge < -0.3 is 4.74 Å². The predicted molar refractivity (Wildman–Crippen MR) is 82.4 cm³/mol. The molecule has 0 fully saturated rings. The number of nitrogens with zero attached hydrogens (tertiary/aromatic N) is 2. The van der Waals surface area contributed by atoms with Crippen molar-refractivity contribution in [2.45, 2.75) is 26.7 Å². The van der Waals surface area contributed by atoms with E-state index in [1.165, 1.54) is 0 Å². The number of aromatic nitrogens is 2. The Kier molecular flexibility index (Phi) is 4.74. The molecule has 1 aromatic carbocycles. The van der Waals surface area contributed by atoms with Gasteiger partial charge >= 0.3 is 0 Å².